The lowest BCUT2D eigenvalue weighted by atomic mass is 9.98. The van der Waals surface area contributed by atoms with Crippen LogP contribution >= 0.6 is 0 Å². The average molecular weight is 227 g/mol. The molecule has 0 spiro atoms. The topological polar surface area (TPSA) is 49.3 Å². The number of carboxylic acids is 1. The number of hydrogen-bond acceptors (Lipinski definition) is 2. The van der Waals surface area contributed by atoms with Gasteiger partial charge in [0, 0.05) is 17.8 Å². The highest BCUT2D eigenvalue weighted by molar-refractivity contribution is 5.77. The third-order valence-corrected chi connectivity index (χ3v) is 2.67. The SMILES string of the molecule is O=C(O)C(F)(F)c1ccc2c(c1)CCCN2. The Morgan fingerprint density at radius 3 is 2.88 bits per heavy atom. The van der Waals surface area contributed by atoms with E-state index in [1.54, 1.807) is 0 Å². The molecule has 2 N–H and O–H groups in total. The quantitative estimate of drug-likeness (QED) is 0.814. The number of carboxylic acid groups (broad SMARTS) is 1. The number of aryl methyl sites for hydroxylation is 1. The maximum atomic E-state index is 13.2. The Balaban J connectivity index is 2.40. The predicted octanol–water partition coefficient (Wildman–Crippen LogP) is 2.22. The van der Waals surface area contributed by atoms with Crippen molar-refractivity contribution in [2.24, 2.45) is 0 Å². The fraction of sp³-hybridized carbons (Fsp3) is 0.364. The predicted molar refractivity (Wildman–Crippen MR) is 54.8 cm³/mol. The molecule has 3 nitrogen and oxygen atoms in total. The van der Waals surface area contributed by atoms with Crippen LogP contribution in [0.3, 0.4) is 0 Å². The Morgan fingerprint density at radius 1 is 1.44 bits per heavy atom. The number of hydrogen-bond donors (Lipinski definition) is 2. The Kier molecular flexibility index (Phi) is 2.53. The fourth-order valence-corrected chi connectivity index (χ4v) is 1.79. The zero-order chi connectivity index (χ0) is 11.8. The molecule has 1 aliphatic rings. The Morgan fingerprint density at radius 2 is 2.19 bits per heavy atom. The van der Waals surface area contributed by atoms with E-state index in [9.17, 15) is 13.6 Å². The van der Waals surface area contributed by atoms with Crippen LogP contribution in [0.2, 0.25) is 0 Å². The number of carbonyl (C=O) groups is 1. The second-order valence-corrected chi connectivity index (χ2v) is 3.78. The lowest BCUT2D eigenvalue weighted by Gasteiger charge is -2.20. The number of benzene rings is 1. The van der Waals surface area contributed by atoms with Crippen molar-refractivity contribution in [2.45, 2.75) is 18.8 Å². The lowest BCUT2D eigenvalue weighted by Crippen LogP contribution is -2.26. The molecule has 16 heavy (non-hydrogen) atoms. The average Bonchev–Trinajstić information content (AvgIpc) is 2.28. The van der Waals surface area contributed by atoms with Crippen molar-refractivity contribution >= 4 is 11.7 Å². The number of halogens is 2. The van der Waals surface area contributed by atoms with Crippen molar-refractivity contribution in [3.63, 3.8) is 0 Å². The number of fused-ring (bicyclic) bond motifs is 1. The van der Waals surface area contributed by atoms with Crippen LogP contribution < -0.4 is 5.32 Å². The first kappa shape index (κ1) is 10.9. The maximum Gasteiger partial charge on any atom is 0.379 e. The molecule has 1 aliphatic heterocycles. The minimum absolute atomic E-state index is 0.456. The van der Waals surface area contributed by atoms with Crippen LogP contribution in [0.1, 0.15) is 17.5 Å². The molecule has 0 unspecified atom stereocenters. The van der Waals surface area contributed by atoms with Crippen LogP contribution in [0.15, 0.2) is 18.2 Å². The summed E-state index contributed by atoms with van der Waals surface area (Å²) >= 11 is 0. The molecule has 0 fully saturated rings. The van der Waals surface area contributed by atoms with Gasteiger partial charge in [-0.05, 0) is 30.5 Å². The third kappa shape index (κ3) is 1.73. The molecule has 1 aromatic rings. The van der Waals surface area contributed by atoms with E-state index < -0.39 is 17.5 Å². The summed E-state index contributed by atoms with van der Waals surface area (Å²) in [5, 5.41) is 11.5. The highest BCUT2D eigenvalue weighted by Crippen LogP contribution is 2.32. The molecular formula is C11H11F2NO2. The molecule has 0 aliphatic carbocycles. The molecule has 0 amide bonds. The summed E-state index contributed by atoms with van der Waals surface area (Å²) in [5.41, 5.74) is 1.11. The number of alkyl halides is 2. The Hall–Kier alpha value is -1.65. The normalized spacial score (nSPS) is 15.1. The number of rotatable bonds is 2. The van der Waals surface area contributed by atoms with Crippen molar-refractivity contribution in [1.82, 2.24) is 0 Å². The van der Waals surface area contributed by atoms with Crippen molar-refractivity contribution in [2.75, 3.05) is 11.9 Å². The van der Waals surface area contributed by atoms with Gasteiger partial charge in [-0.15, -0.1) is 0 Å². The number of anilines is 1. The summed E-state index contributed by atoms with van der Waals surface area (Å²) in [6.45, 7) is 0.821. The van der Waals surface area contributed by atoms with Gasteiger partial charge in [-0.2, -0.15) is 8.78 Å². The zero-order valence-corrected chi connectivity index (χ0v) is 8.46. The minimum atomic E-state index is -3.81. The molecule has 0 radical (unpaired) electrons. The lowest BCUT2D eigenvalue weighted by molar-refractivity contribution is -0.166. The molecule has 0 bridgehead atoms. The van der Waals surface area contributed by atoms with Gasteiger partial charge in [0.1, 0.15) is 0 Å². The summed E-state index contributed by atoms with van der Waals surface area (Å²) < 4.78 is 26.5. The van der Waals surface area contributed by atoms with E-state index in [0.717, 1.165) is 30.3 Å². The standard InChI is InChI=1S/C11H11F2NO2/c12-11(13,10(15)16)8-3-4-9-7(6-8)2-1-5-14-9/h3-4,6,14H,1-2,5H2,(H,15,16). The molecular weight excluding hydrogens is 216 g/mol. The second kappa shape index (κ2) is 3.73. The van der Waals surface area contributed by atoms with E-state index in [4.69, 9.17) is 5.11 Å². The van der Waals surface area contributed by atoms with E-state index >= 15 is 0 Å². The van der Waals surface area contributed by atoms with E-state index in [0.29, 0.717) is 6.42 Å². The highest BCUT2D eigenvalue weighted by Gasteiger charge is 2.41. The summed E-state index contributed by atoms with van der Waals surface area (Å²) in [5.74, 6) is -5.93. The summed E-state index contributed by atoms with van der Waals surface area (Å²) in [6, 6.07) is 3.95. The summed E-state index contributed by atoms with van der Waals surface area (Å²) in [6.07, 6.45) is 1.57. The van der Waals surface area contributed by atoms with Crippen LogP contribution in [0.4, 0.5) is 14.5 Å². The molecule has 0 saturated heterocycles. The first-order valence-electron chi connectivity index (χ1n) is 5.00. The molecule has 1 aromatic carbocycles. The molecule has 0 aromatic heterocycles. The van der Waals surface area contributed by atoms with Gasteiger partial charge in [0.2, 0.25) is 0 Å². The fourth-order valence-electron chi connectivity index (χ4n) is 1.79. The second-order valence-electron chi connectivity index (χ2n) is 3.78. The van der Waals surface area contributed by atoms with Gasteiger partial charge < -0.3 is 10.4 Å². The number of nitrogens with one attached hydrogen (secondary N) is 1. The van der Waals surface area contributed by atoms with E-state index in [1.807, 2.05) is 0 Å². The zero-order valence-electron chi connectivity index (χ0n) is 8.46. The van der Waals surface area contributed by atoms with Gasteiger partial charge in [0.05, 0.1) is 0 Å². The molecule has 0 saturated carbocycles. The van der Waals surface area contributed by atoms with Gasteiger partial charge in [-0.3, -0.25) is 0 Å². The third-order valence-electron chi connectivity index (χ3n) is 2.67. The van der Waals surface area contributed by atoms with Crippen molar-refractivity contribution in [3.8, 4) is 0 Å². The van der Waals surface area contributed by atoms with Gasteiger partial charge in [-0.1, -0.05) is 6.07 Å². The molecule has 0 atom stereocenters. The van der Waals surface area contributed by atoms with Gasteiger partial charge >= 0.3 is 11.9 Å². The first-order valence-corrected chi connectivity index (χ1v) is 5.00. The number of aliphatic carboxylic acids is 1. The minimum Gasteiger partial charge on any atom is -0.477 e. The van der Waals surface area contributed by atoms with E-state index in [1.165, 1.54) is 12.1 Å². The van der Waals surface area contributed by atoms with Crippen molar-refractivity contribution in [3.05, 3.63) is 29.3 Å². The van der Waals surface area contributed by atoms with Gasteiger partial charge in [-0.25, -0.2) is 4.79 Å². The summed E-state index contributed by atoms with van der Waals surface area (Å²) in [7, 11) is 0. The van der Waals surface area contributed by atoms with E-state index in [-0.39, 0.29) is 0 Å². The Bertz CT molecular complexity index is 432. The molecule has 1 heterocycles. The van der Waals surface area contributed by atoms with Crippen molar-refractivity contribution in [1.29, 1.82) is 0 Å². The largest absolute Gasteiger partial charge is 0.477 e. The molecule has 86 valence electrons. The monoisotopic (exact) mass is 227 g/mol. The van der Waals surface area contributed by atoms with Gasteiger partial charge in [0.15, 0.2) is 0 Å². The maximum absolute atomic E-state index is 13.2. The van der Waals surface area contributed by atoms with Crippen LogP contribution in [0, 0.1) is 0 Å². The van der Waals surface area contributed by atoms with E-state index in [2.05, 4.69) is 5.32 Å². The molecule has 2 rings (SSSR count). The highest BCUT2D eigenvalue weighted by atomic mass is 19.3. The van der Waals surface area contributed by atoms with Crippen LogP contribution in [-0.2, 0) is 17.1 Å². The molecule has 5 heteroatoms. The Labute approximate surface area is 91.1 Å². The van der Waals surface area contributed by atoms with Crippen LogP contribution in [0.25, 0.3) is 0 Å². The van der Waals surface area contributed by atoms with Gasteiger partial charge in [0.25, 0.3) is 0 Å². The smallest absolute Gasteiger partial charge is 0.379 e. The van der Waals surface area contributed by atoms with Crippen LogP contribution in [0.5, 0.6) is 0 Å². The first-order chi connectivity index (χ1) is 7.51. The van der Waals surface area contributed by atoms with Crippen molar-refractivity contribution < 1.29 is 18.7 Å². The summed E-state index contributed by atoms with van der Waals surface area (Å²) in [4.78, 5) is 10.4. The van der Waals surface area contributed by atoms with Crippen LogP contribution in [-0.4, -0.2) is 17.6 Å².